The number of hydrogen-bond donors (Lipinski definition) is 1. The molecule has 0 fully saturated rings. The van der Waals surface area contributed by atoms with Crippen LogP contribution < -0.4 is 5.32 Å². The maximum atomic E-state index is 14.1. The normalized spacial score (nSPS) is 10.8. The molecule has 0 bridgehead atoms. The van der Waals surface area contributed by atoms with Crippen LogP contribution in [0, 0.1) is 18.6 Å². The highest BCUT2D eigenvalue weighted by atomic mass is 35.5. The highest BCUT2D eigenvalue weighted by Gasteiger charge is 2.15. The summed E-state index contributed by atoms with van der Waals surface area (Å²) in [6.45, 7) is 4.91. The second kappa shape index (κ2) is 6.33. The molecule has 0 saturated carbocycles. The summed E-state index contributed by atoms with van der Waals surface area (Å²) in [6.07, 6.45) is 0. The Bertz CT molecular complexity index is 626. The Morgan fingerprint density at radius 3 is 2.50 bits per heavy atom. The van der Waals surface area contributed by atoms with Crippen molar-refractivity contribution in [2.45, 2.75) is 20.4 Å². The smallest absolute Gasteiger partial charge is 0.166 e. The molecule has 0 aliphatic carbocycles. The van der Waals surface area contributed by atoms with E-state index in [1.807, 2.05) is 13.0 Å². The zero-order chi connectivity index (χ0) is 14.7. The first kappa shape index (κ1) is 14.9. The SMILES string of the molecule is CCNCc1ccc(Cl)cc1-c1ccc(C)c(F)c1F. The summed E-state index contributed by atoms with van der Waals surface area (Å²) in [4.78, 5) is 0. The average Bonchev–Trinajstić information content (AvgIpc) is 2.44. The fraction of sp³-hybridized carbons (Fsp3) is 0.250. The number of halogens is 3. The lowest BCUT2D eigenvalue weighted by Crippen LogP contribution is -2.12. The number of aryl methyl sites for hydroxylation is 1. The summed E-state index contributed by atoms with van der Waals surface area (Å²) in [5, 5.41) is 3.68. The lowest BCUT2D eigenvalue weighted by Gasteiger charge is -2.13. The van der Waals surface area contributed by atoms with Gasteiger partial charge in [0.1, 0.15) is 0 Å². The molecule has 0 atom stereocenters. The Hall–Kier alpha value is -1.45. The molecule has 0 unspecified atom stereocenters. The lowest BCUT2D eigenvalue weighted by molar-refractivity contribution is 0.505. The third-order valence-corrected chi connectivity index (χ3v) is 3.44. The Morgan fingerprint density at radius 2 is 1.80 bits per heavy atom. The Kier molecular flexibility index (Phi) is 4.73. The van der Waals surface area contributed by atoms with Crippen molar-refractivity contribution in [1.29, 1.82) is 0 Å². The van der Waals surface area contributed by atoms with Crippen molar-refractivity contribution in [3.63, 3.8) is 0 Å². The van der Waals surface area contributed by atoms with Crippen LogP contribution in [0.2, 0.25) is 5.02 Å². The predicted octanol–water partition coefficient (Wildman–Crippen LogP) is 4.70. The fourth-order valence-corrected chi connectivity index (χ4v) is 2.24. The quantitative estimate of drug-likeness (QED) is 0.862. The number of nitrogens with one attached hydrogen (secondary N) is 1. The molecular weight excluding hydrogens is 280 g/mol. The van der Waals surface area contributed by atoms with Gasteiger partial charge in [-0.25, -0.2) is 8.78 Å². The predicted molar refractivity (Wildman–Crippen MR) is 78.9 cm³/mol. The van der Waals surface area contributed by atoms with Crippen LogP contribution in [-0.2, 0) is 6.54 Å². The highest BCUT2D eigenvalue weighted by Crippen LogP contribution is 2.31. The van der Waals surface area contributed by atoms with E-state index in [2.05, 4.69) is 5.32 Å². The van der Waals surface area contributed by atoms with Gasteiger partial charge in [0.25, 0.3) is 0 Å². The van der Waals surface area contributed by atoms with Crippen LogP contribution in [0.1, 0.15) is 18.1 Å². The van der Waals surface area contributed by atoms with Crippen LogP contribution in [0.4, 0.5) is 8.78 Å². The number of rotatable bonds is 4. The standard InChI is InChI=1S/C16H16ClF2N/c1-3-20-9-11-5-6-12(17)8-14(11)13-7-4-10(2)15(18)16(13)19/h4-8,20H,3,9H2,1-2H3. The third-order valence-electron chi connectivity index (χ3n) is 3.20. The van der Waals surface area contributed by atoms with E-state index < -0.39 is 11.6 Å². The molecule has 0 aromatic heterocycles. The lowest BCUT2D eigenvalue weighted by atomic mass is 9.97. The van der Waals surface area contributed by atoms with E-state index in [4.69, 9.17) is 11.6 Å². The van der Waals surface area contributed by atoms with Gasteiger partial charge >= 0.3 is 0 Å². The molecule has 0 aliphatic rings. The molecule has 0 heterocycles. The van der Waals surface area contributed by atoms with Crippen LogP contribution in [0.5, 0.6) is 0 Å². The summed E-state index contributed by atoms with van der Waals surface area (Å²) >= 11 is 5.99. The molecule has 0 spiro atoms. The van der Waals surface area contributed by atoms with E-state index in [0.29, 0.717) is 22.7 Å². The van der Waals surface area contributed by atoms with Crippen molar-refractivity contribution in [2.24, 2.45) is 0 Å². The molecule has 0 saturated heterocycles. The van der Waals surface area contributed by atoms with Gasteiger partial charge in [0.15, 0.2) is 11.6 Å². The average molecular weight is 296 g/mol. The maximum Gasteiger partial charge on any atom is 0.166 e. The van der Waals surface area contributed by atoms with E-state index in [1.54, 1.807) is 31.2 Å². The maximum absolute atomic E-state index is 14.1. The van der Waals surface area contributed by atoms with Gasteiger partial charge in [-0.15, -0.1) is 0 Å². The van der Waals surface area contributed by atoms with E-state index in [1.165, 1.54) is 0 Å². The van der Waals surface area contributed by atoms with Crippen LogP contribution in [0.25, 0.3) is 11.1 Å². The molecular formula is C16H16ClF2N. The Balaban J connectivity index is 2.56. The second-order valence-electron chi connectivity index (χ2n) is 4.64. The molecule has 0 radical (unpaired) electrons. The highest BCUT2D eigenvalue weighted by molar-refractivity contribution is 6.30. The van der Waals surface area contributed by atoms with Crippen molar-refractivity contribution in [3.05, 3.63) is 58.1 Å². The van der Waals surface area contributed by atoms with Crippen LogP contribution >= 0.6 is 11.6 Å². The van der Waals surface area contributed by atoms with E-state index in [9.17, 15) is 8.78 Å². The second-order valence-corrected chi connectivity index (χ2v) is 5.08. The topological polar surface area (TPSA) is 12.0 Å². The number of benzene rings is 2. The van der Waals surface area contributed by atoms with Crippen molar-refractivity contribution in [3.8, 4) is 11.1 Å². The third kappa shape index (κ3) is 3.00. The summed E-state index contributed by atoms with van der Waals surface area (Å²) in [5.41, 5.74) is 2.04. The van der Waals surface area contributed by atoms with Gasteiger partial charge in [-0.1, -0.05) is 36.7 Å². The molecule has 0 aliphatic heterocycles. The van der Waals surface area contributed by atoms with Gasteiger partial charge in [-0.05, 0) is 42.3 Å². The molecule has 2 rings (SSSR count). The number of hydrogen-bond acceptors (Lipinski definition) is 1. The summed E-state index contributed by atoms with van der Waals surface area (Å²) in [7, 11) is 0. The Labute approximate surface area is 122 Å². The Morgan fingerprint density at radius 1 is 1.05 bits per heavy atom. The van der Waals surface area contributed by atoms with Crippen LogP contribution in [0.15, 0.2) is 30.3 Å². The van der Waals surface area contributed by atoms with Crippen molar-refractivity contribution in [2.75, 3.05) is 6.54 Å². The first-order valence-corrected chi connectivity index (χ1v) is 6.86. The molecule has 1 N–H and O–H groups in total. The summed E-state index contributed by atoms with van der Waals surface area (Å²) in [6, 6.07) is 8.42. The van der Waals surface area contributed by atoms with E-state index in [-0.39, 0.29) is 5.56 Å². The zero-order valence-corrected chi connectivity index (χ0v) is 12.2. The van der Waals surface area contributed by atoms with Gasteiger partial charge in [0.2, 0.25) is 0 Å². The summed E-state index contributed by atoms with van der Waals surface area (Å²) < 4.78 is 27.9. The van der Waals surface area contributed by atoms with E-state index in [0.717, 1.165) is 12.1 Å². The van der Waals surface area contributed by atoms with Gasteiger partial charge in [0, 0.05) is 17.1 Å². The minimum Gasteiger partial charge on any atom is -0.313 e. The molecule has 4 heteroatoms. The molecule has 106 valence electrons. The van der Waals surface area contributed by atoms with E-state index >= 15 is 0 Å². The van der Waals surface area contributed by atoms with Gasteiger partial charge < -0.3 is 5.32 Å². The van der Waals surface area contributed by atoms with Crippen molar-refractivity contribution < 1.29 is 8.78 Å². The molecule has 0 amide bonds. The first-order chi connectivity index (χ1) is 9.54. The monoisotopic (exact) mass is 295 g/mol. The summed E-state index contributed by atoms with van der Waals surface area (Å²) in [5.74, 6) is -1.64. The van der Waals surface area contributed by atoms with Gasteiger partial charge in [0.05, 0.1) is 0 Å². The van der Waals surface area contributed by atoms with Crippen molar-refractivity contribution >= 4 is 11.6 Å². The fourth-order valence-electron chi connectivity index (χ4n) is 2.07. The zero-order valence-electron chi connectivity index (χ0n) is 11.4. The van der Waals surface area contributed by atoms with Gasteiger partial charge in [-0.3, -0.25) is 0 Å². The van der Waals surface area contributed by atoms with Crippen LogP contribution in [0.3, 0.4) is 0 Å². The minimum absolute atomic E-state index is 0.239. The minimum atomic E-state index is -0.829. The largest absolute Gasteiger partial charge is 0.313 e. The molecule has 2 aromatic rings. The van der Waals surface area contributed by atoms with Crippen LogP contribution in [-0.4, -0.2) is 6.54 Å². The van der Waals surface area contributed by atoms with Crippen molar-refractivity contribution in [1.82, 2.24) is 5.32 Å². The molecule has 2 aromatic carbocycles. The molecule has 20 heavy (non-hydrogen) atoms. The molecule has 1 nitrogen and oxygen atoms in total. The first-order valence-electron chi connectivity index (χ1n) is 6.48. The van der Waals surface area contributed by atoms with Gasteiger partial charge in [-0.2, -0.15) is 0 Å².